The molecule has 2 unspecified atom stereocenters. The molecule has 2 aliphatic carbocycles. The van der Waals surface area contributed by atoms with Crippen molar-refractivity contribution in [3.05, 3.63) is 46.0 Å². The highest BCUT2D eigenvalue weighted by atomic mass is 14.8. The van der Waals surface area contributed by atoms with E-state index in [2.05, 4.69) is 52.8 Å². The molecule has 0 amide bonds. The molecule has 1 nitrogen and oxygen atoms in total. The molecule has 0 heterocycles. The van der Waals surface area contributed by atoms with Gasteiger partial charge in [0.05, 0.1) is 0 Å². The Morgan fingerprint density at radius 3 is 2.62 bits per heavy atom. The highest BCUT2D eigenvalue weighted by molar-refractivity contribution is 5.48. The summed E-state index contributed by atoms with van der Waals surface area (Å²) in [4.78, 5) is 0. The van der Waals surface area contributed by atoms with Gasteiger partial charge < -0.3 is 5.73 Å². The molecule has 0 aliphatic heterocycles. The predicted octanol–water partition coefficient (Wildman–Crippen LogP) is 5.83. The molecule has 3 rings (SSSR count). The van der Waals surface area contributed by atoms with Crippen LogP contribution in [-0.2, 0) is 12.8 Å². The number of aryl methyl sites for hydroxylation is 2. The molecule has 2 N–H and O–H groups in total. The van der Waals surface area contributed by atoms with E-state index in [1.807, 2.05) is 0 Å². The molecule has 24 heavy (non-hydrogen) atoms. The van der Waals surface area contributed by atoms with E-state index in [1.54, 1.807) is 11.1 Å². The van der Waals surface area contributed by atoms with Gasteiger partial charge in [-0.05, 0) is 73.6 Å². The van der Waals surface area contributed by atoms with E-state index in [1.165, 1.54) is 42.4 Å². The summed E-state index contributed by atoms with van der Waals surface area (Å²) in [7, 11) is 0. The van der Waals surface area contributed by atoms with Gasteiger partial charge in [0.1, 0.15) is 0 Å². The van der Waals surface area contributed by atoms with Crippen molar-refractivity contribution >= 4 is 0 Å². The van der Waals surface area contributed by atoms with Crippen molar-refractivity contribution in [1.29, 1.82) is 0 Å². The fourth-order valence-corrected chi connectivity index (χ4v) is 5.14. The molecule has 132 valence electrons. The molecule has 0 spiro atoms. The predicted molar refractivity (Wildman–Crippen MR) is 105 cm³/mol. The van der Waals surface area contributed by atoms with Crippen molar-refractivity contribution in [3.8, 4) is 0 Å². The summed E-state index contributed by atoms with van der Waals surface area (Å²) < 4.78 is 0. The van der Waals surface area contributed by atoms with Crippen molar-refractivity contribution in [2.45, 2.75) is 91.0 Å². The molecule has 0 bridgehead atoms. The van der Waals surface area contributed by atoms with Gasteiger partial charge in [0, 0.05) is 11.5 Å². The normalized spacial score (nSPS) is 28.1. The molecular formula is C23H35N. The van der Waals surface area contributed by atoms with E-state index in [-0.39, 0.29) is 11.0 Å². The maximum Gasteiger partial charge on any atom is 0.0317 e. The lowest BCUT2D eigenvalue weighted by atomic mass is 9.52. The highest BCUT2D eigenvalue weighted by Gasteiger charge is 2.52. The summed E-state index contributed by atoms with van der Waals surface area (Å²) in [5.41, 5.74) is 14.8. The molecule has 0 radical (unpaired) electrons. The maximum absolute atomic E-state index is 7.08. The molecule has 1 heteroatoms. The Bertz CT molecular complexity index is 652. The zero-order valence-electron chi connectivity index (χ0n) is 16.3. The summed E-state index contributed by atoms with van der Waals surface area (Å²) in [5.74, 6) is 0.478. The number of benzene rings is 1. The van der Waals surface area contributed by atoms with E-state index in [0.717, 1.165) is 19.3 Å². The van der Waals surface area contributed by atoms with Crippen LogP contribution >= 0.6 is 0 Å². The van der Waals surface area contributed by atoms with Crippen molar-refractivity contribution in [1.82, 2.24) is 0 Å². The summed E-state index contributed by atoms with van der Waals surface area (Å²) in [6.07, 6.45) is 10.8. The fourth-order valence-electron chi connectivity index (χ4n) is 5.14. The van der Waals surface area contributed by atoms with Crippen LogP contribution in [0.25, 0.3) is 0 Å². The van der Waals surface area contributed by atoms with Crippen molar-refractivity contribution in [2.75, 3.05) is 0 Å². The van der Waals surface area contributed by atoms with Gasteiger partial charge in [0.25, 0.3) is 0 Å². The largest absolute Gasteiger partial charge is 0.324 e. The van der Waals surface area contributed by atoms with E-state index >= 15 is 0 Å². The first-order chi connectivity index (χ1) is 11.3. The van der Waals surface area contributed by atoms with Crippen LogP contribution in [0.5, 0.6) is 0 Å². The minimum Gasteiger partial charge on any atom is -0.324 e. The summed E-state index contributed by atoms with van der Waals surface area (Å²) >= 11 is 0. The average molecular weight is 326 g/mol. The smallest absolute Gasteiger partial charge is 0.0317 e. The number of unbranched alkanes of at least 4 members (excludes halogenated alkanes) is 2. The second-order valence-corrected chi connectivity index (χ2v) is 9.05. The molecule has 1 aromatic rings. The van der Waals surface area contributed by atoms with Gasteiger partial charge in [-0.15, -0.1) is 0 Å². The molecular weight excluding hydrogens is 290 g/mol. The fraction of sp³-hybridized carbons (Fsp3) is 0.652. The van der Waals surface area contributed by atoms with Gasteiger partial charge in [0.2, 0.25) is 0 Å². The van der Waals surface area contributed by atoms with Gasteiger partial charge in [-0.25, -0.2) is 0 Å². The Kier molecular flexibility index (Phi) is 4.68. The van der Waals surface area contributed by atoms with Crippen LogP contribution in [0, 0.1) is 12.3 Å². The number of rotatable bonds is 4. The lowest BCUT2D eigenvalue weighted by molar-refractivity contribution is 0.108. The molecule has 0 fully saturated rings. The van der Waals surface area contributed by atoms with Crippen molar-refractivity contribution in [2.24, 2.45) is 11.1 Å². The van der Waals surface area contributed by atoms with E-state index in [9.17, 15) is 0 Å². The number of fused-ring (bicyclic) bond motifs is 3. The second-order valence-electron chi connectivity index (χ2n) is 9.05. The summed E-state index contributed by atoms with van der Waals surface area (Å²) in [6.45, 7) is 11.6. The number of nitrogens with two attached hydrogens (primary N) is 1. The first-order valence-electron chi connectivity index (χ1n) is 9.85. The van der Waals surface area contributed by atoms with Gasteiger partial charge in [-0.2, -0.15) is 0 Å². The van der Waals surface area contributed by atoms with Crippen LogP contribution in [-0.4, -0.2) is 5.54 Å². The zero-order chi connectivity index (χ0) is 17.5. The van der Waals surface area contributed by atoms with Crippen LogP contribution < -0.4 is 5.73 Å². The standard InChI is InChI=1S/C23H35N/c1-6-7-8-9-18-13-17(3)21-19(14-18)15-22(4,5)23(24)11-10-16(2)12-20(21)23/h10,13-14,20H,6-9,11-12,15,24H2,1-5H3. The van der Waals surface area contributed by atoms with E-state index < -0.39 is 0 Å². The van der Waals surface area contributed by atoms with Gasteiger partial charge in [-0.3, -0.25) is 0 Å². The Morgan fingerprint density at radius 2 is 1.92 bits per heavy atom. The van der Waals surface area contributed by atoms with Crippen LogP contribution in [0.3, 0.4) is 0 Å². The summed E-state index contributed by atoms with van der Waals surface area (Å²) in [6, 6.07) is 4.95. The third-order valence-corrected chi connectivity index (χ3v) is 6.78. The molecule has 0 saturated heterocycles. The highest BCUT2D eigenvalue weighted by Crippen LogP contribution is 2.55. The van der Waals surface area contributed by atoms with E-state index in [4.69, 9.17) is 5.73 Å². The van der Waals surface area contributed by atoms with Gasteiger partial charge in [-0.1, -0.05) is 57.4 Å². The first kappa shape index (κ1) is 17.7. The maximum atomic E-state index is 7.08. The molecule has 2 atom stereocenters. The summed E-state index contributed by atoms with van der Waals surface area (Å²) in [5, 5.41) is 0. The van der Waals surface area contributed by atoms with Gasteiger partial charge in [0.15, 0.2) is 0 Å². The molecule has 2 aliphatic rings. The molecule has 1 aromatic carbocycles. The SMILES string of the molecule is CCCCCc1cc(C)c2c(c1)CC(C)(C)C1(N)CC=C(C)CC21. The Balaban J connectivity index is 2.03. The Hall–Kier alpha value is -1.08. The monoisotopic (exact) mass is 325 g/mol. The number of allylic oxidation sites excluding steroid dienone is 1. The van der Waals surface area contributed by atoms with Crippen LogP contribution in [0.2, 0.25) is 0 Å². The lowest BCUT2D eigenvalue weighted by Crippen LogP contribution is -2.61. The minimum absolute atomic E-state index is 0.103. The van der Waals surface area contributed by atoms with Gasteiger partial charge >= 0.3 is 0 Å². The van der Waals surface area contributed by atoms with E-state index in [0.29, 0.717) is 5.92 Å². The van der Waals surface area contributed by atoms with Crippen molar-refractivity contribution in [3.63, 3.8) is 0 Å². The average Bonchev–Trinajstić information content (AvgIpc) is 2.49. The lowest BCUT2D eigenvalue weighted by Gasteiger charge is -2.55. The molecule has 0 aromatic heterocycles. The topological polar surface area (TPSA) is 26.0 Å². The quantitative estimate of drug-likeness (QED) is 0.547. The Morgan fingerprint density at radius 1 is 1.17 bits per heavy atom. The second kappa shape index (κ2) is 6.33. The number of hydrogen-bond acceptors (Lipinski definition) is 1. The van der Waals surface area contributed by atoms with Crippen LogP contribution in [0.15, 0.2) is 23.8 Å². The third kappa shape index (κ3) is 2.86. The number of hydrogen-bond donors (Lipinski definition) is 1. The Labute approximate surface area is 148 Å². The zero-order valence-corrected chi connectivity index (χ0v) is 16.3. The molecule has 0 saturated carbocycles. The van der Waals surface area contributed by atoms with Crippen molar-refractivity contribution < 1.29 is 0 Å². The minimum atomic E-state index is -0.103. The first-order valence-corrected chi connectivity index (χ1v) is 9.85. The third-order valence-electron chi connectivity index (χ3n) is 6.78. The van der Waals surface area contributed by atoms with Crippen LogP contribution in [0.4, 0.5) is 0 Å². The van der Waals surface area contributed by atoms with Crippen LogP contribution in [0.1, 0.15) is 88.0 Å².